The number of nitrogens with two attached hydrogens (primary N) is 1. The number of carbonyl (C=O) groups is 1. The van der Waals surface area contributed by atoms with Crippen LogP contribution in [-0.2, 0) is 4.79 Å². The summed E-state index contributed by atoms with van der Waals surface area (Å²) in [6.07, 6.45) is -0.170. The van der Waals surface area contributed by atoms with E-state index in [1.54, 1.807) is 11.5 Å². The molecule has 1 rings (SSSR count). The van der Waals surface area contributed by atoms with Crippen molar-refractivity contribution in [3.63, 3.8) is 0 Å². The number of hydrogen-bond donors (Lipinski definition) is 4. The molecule has 13 heavy (non-hydrogen) atoms. The van der Waals surface area contributed by atoms with Gasteiger partial charge < -0.3 is 10.6 Å². The predicted octanol–water partition coefficient (Wildman–Crippen LogP) is -1.93. The topological polar surface area (TPSA) is 103 Å². The third kappa shape index (κ3) is 8.75. The molecule has 0 radical (unpaired) electrons. The molecule has 1 heterocycles. The normalized spacial score (nSPS) is 14.8. The Kier molecular flexibility index (Phi) is 8.14. The zero-order chi connectivity index (χ0) is 9.94. The van der Waals surface area contributed by atoms with E-state index in [2.05, 4.69) is 16.5 Å². The molecule has 0 bridgehead atoms. The van der Waals surface area contributed by atoms with Crippen LogP contribution in [-0.4, -0.2) is 32.1 Å². The van der Waals surface area contributed by atoms with Gasteiger partial charge in [0.25, 0.3) is 0 Å². The Morgan fingerprint density at radius 2 is 1.85 bits per heavy atom. The molecule has 0 aliphatic carbocycles. The molecule has 1 aliphatic heterocycles. The molecule has 0 aromatic heterocycles. The summed E-state index contributed by atoms with van der Waals surface area (Å²) < 4.78 is 0. The molecule has 0 spiro atoms. The molecule has 1 saturated heterocycles. The molecule has 0 aromatic rings. The minimum Gasteiger partial charge on any atom is -0.314 e. The van der Waals surface area contributed by atoms with Gasteiger partial charge in [-0.1, -0.05) is 0 Å². The van der Waals surface area contributed by atoms with Crippen LogP contribution in [0.5, 0.6) is 0 Å². The van der Waals surface area contributed by atoms with E-state index in [1.807, 2.05) is 0 Å². The number of carbonyl (C=O) groups excluding carboxylic acids is 1. The summed E-state index contributed by atoms with van der Waals surface area (Å²) in [4.78, 5) is 9.95. The van der Waals surface area contributed by atoms with E-state index < -0.39 is 5.91 Å². The summed E-state index contributed by atoms with van der Waals surface area (Å²) in [6, 6.07) is 1.63. The Hall–Kier alpha value is -1.16. The van der Waals surface area contributed by atoms with Gasteiger partial charge in [-0.2, -0.15) is 5.26 Å². The first kappa shape index (κ1) is 11.8. The largest absolute Gasteiger partial charge is 0.314 e. The van der Waals surface area contributed by atoms with E-state index >= 15 is 0 Å². The number of hydrazine groups is 1. The van der Waals surface area contributed by atoms with E-state index in [1.165, 1.54) is 0 Å². The smallest absolute Gasteiger partial charge is 0.248 e. The maximum atomic E-state index is 9.95. The molecular weight excluding hydrogens is 170 g/mol. The maximum Gasteiger partial charge on any atom is 0.248 e. The van der Waals surface area contributed by atoms with Crippen molar-refractivity contribution in [2.45, 2.75) is 6.42 Å². The van der Waals surface area contributed by atoms with Crippen LogP contribution in [0.2, 0.25) is 0 Å². The second-order valence-electron chi connectivity index (χ2n) is 2.40. The monoisotopic (exact) mass is 185 g/mol. The lowest BCUT2D eigenvalue weighted by molar-refractivity contribution is -0.120. The van der Waals surface area contributed by atoms with Gasteiger partial charge in [0.15, 0.2) is 0 Å². The molecule has 0 aromatic carbocycles. The lowest BCUT2D eigenvalue weighted by atomic mass is 10.4. The highest BCUT2D eigenvalue weighted by atomic mass is 16.2. The fourth-order valence-corrected chi connectivity index (χ4v) is 0.726. The molecule has 0 unspecified atom stereocenters. The van der Waals surface area contributed by atoms with Crippen molar-refractivity contribution in [1.29, 1.82) is 5.26 Å². The van der Waals surface area contributed by atoms with Crippen LogP contribution in [0.3, 0.4) is 0 Å². The van der Waals surface area contributed by atoms with E-state index in [9.17, 15) is 4.79 Å². The lowest BCUT2D eigenvalue weighted by Crippen LogP contribution is -2.39. The summed E-state index contributed by atoms with van der Waals surface area (Å²) in [6.45, 7) is 4.56. The van der Waals surface area contributed by atoms with Crippen molar-refractivity contribution in [2.24, 2.45) is 5.84 Å². The van der Waals surface area contributed by atoms with Gasteiger partial charge in [0.2, 0.25) is 5.91 Å². The molecule has 1 aliphatic rings. The van der Waals surface area contributed by atoms with Crippen LogP contribution >= 0.6 is 0 Å². The second-order valence-corrected chi connectivity index (χ2v) is 2.40. The number of amides is 1. The third-order valence-corrected chi connectivity index (χ3v) is 1.36. The van der Waals surface area contributed by atoms with Crippen molar-refractivity contribution in [3.05, 3.63) is 0 Å². The average Bonchev–Trinajstić information content (AvgIpc) is 2.22. The van der Waals surface area contributed by atoms with Gasteiger partial charge in [-0.25, -0.2) is 5.84 Å². The average molecular weight is 185 g/mol. The number of nitriles is 1. The molecule has 1 fully saturated rings. The van der Waals surface area contributed by atoms with E-state index in [0.29, 0.717) is 0 Å². The molecular formula is C7H15N5O. The summed E-state index contributed by atoms with van der Waals surface area (Å²) in [7, 11) is 0. The Labute approximate surface area is 77.4 Å². The van der Waals surface area contributed by atoms with Gasteiger partial charge in [-0.15, -0.1) is 0 Å². The molecule has 5 N–H and O–H groups in total. The number of hydrogen-bond acceptors (Lipinski definition) is 5. The number of piperazine rings is 1. The van der Waals surface area contributed by atoms with Crippen LogP contribution in [0.15, 0.2) is 0 Å². The van der Waals surface area contributed by atoms with Crippen molar-refractivity contribution in [2.75, 3.05) is 26.2 Å². The quantitative estimate of drug-likeness (QED) is 0.216. The molecule has 0 saturated carbocycles. The lowest BCUT2D eigenvalue weighted by Gasteiger charge is -2.11. The Balaban J connectivity index is 0.000000223. The number of rotatable bonds is 1. The van der Waals surface area contributed by atoms with Crippen molar-refractivity contribution < 1.29 is 4.79 Å². The number of nitrogens with zero attached hydrogens (tertiary/aromatic N) is 1. The summed E-state index contributed by atoms with van der Waals surface area (Å²) in [5.41, 5.74) is 1.80. The molecule has 6 heteroatoms. The highest BCUT2D eigenvalue weighted by Gasteiger charge is 1.91. The standard InChI is InChI=1S/C4H10N2.C3H5N3O/c1-2-6-4-3-5-1;4-2-1-3(7)6-5/h5-6H,1-4H2;1,5H2,(H,6,7). The van der Waals surface area contributed by atoms with Gasteiger partial charge >= 0.3 is 0 Å². The van der Waals surface area contributed by atoms with Crippen LogP contribution in [0.4, 0.5) is 0 Å². The first-order valence-electron chi connectivity index (χ1n) is 4.09. The highest BCUT2D eigenvalue weighted by molar-refractivity contribution is 5.77. The van der Waals surface area contributed by atoms with E-state index in [4.69, 9.17) is 5.26 Å². The van der Waals surface area contributed by atoms with Crippen LogP contribution < -0.4 is 21.9 Å². The Morgan fingerprint density at radius 3 is 2.00 bits per heavy atom. The fraction of sp³-hybridized carbons (Fsp3) is 0.714. The molecule has 74 valence electrons. The SMILES string of the molecule is C1CNCCN1.N#CCC(=O)NN. The zero-order valence-corrected chi connectivity index (χ0v) is 7.47. The van der Waals surface area contributed by atoms with Crippen molar-refractivity contribution in [3.8, 4) is 6.07 Å². The second kappa shape index (κ2) is 8.93. The summed E-state index contributed by atoms with van der Waals surface area (Å²) >= 11 is 0. The first-order valence-corrected chi connectivity index (χ1v) is 4.09. The highest BCUT2D eigenvalue weighted by Crippen LogP contribution is 1.68. The van der Waals surface area contributed by atoms with Crippen LogP contribution in [0.25, 0.3) is 0 Å². The van der Waals surface area contributed by atoms with Gasteiger partial charge in [0, 0.05) is 26.2 Å². The van der Waals surface area contributed by atoms with E-state index in [-0.39, 0.29) is 6.42 Å². The molecule has 1 amide bonds. The maximum absolute atomic E-state index is 9.95. The van der Waals surface area contributed by atoms with Crippen molar-refractivity contribution in [1.82, 2.24) is 16.1 Å². The minimum atomic E-state index is -0.456. The van der Waals surface area contributed by atoms with E-state index in [0.717, 1.165) is 26.2 Å². The first-order chi connectivity index (χ1) is 6.31. The van der Waals surface area contributed by atoms with Crippen LogP contribution in [0.1, 0.15) is 6.42 Å². The Morgan fingerprint density at radius 1 is 1.38 bits per heavy atom. The molecule has 6 nitrogen and oxygen atoms in total. The van der Waals surface area contributed by atoms with Gasteiger partial charge in [0.1, 0.15) is 6.42 Å². The number of nitrogens with one attached hydrogen (secondary N) is 3. The van der Waals surface area contributed by atoms with Gasteiger partial charge in [-0.3, -0.25) is 10.2 Å². The van der Waals surface area contributed by atoms with Gasteiger partial charge in [0.05, 0.1) is 6.07 Å². The fourth-order valence-electron chi connectivity index (χ4n) is 0.726. The summed E-state index contributed by atoms with van der Waals surface area (Å²) in [5, 5.41) is 14.2. The zero-order valence-electron chi connectivity index (χ0n) is 7.47. The molecule has 0 atom stereocenters. The van der Waals surface area contributed by atoms with Crippen molar-refractivity contribution >= 4 is 5.91 Å². The van der Waals surface area contributed by atoms with Crippen LogP contribution in [0, 0.1) is 11.3 Å². The Bertz CT molecular complexity index is 161. The minimum absolute atomic E-state index is 0.170. The summed E-state index contributed by atoms with van der Waals surface area (Å²) in [5.74, 6) is 4.15. The van der Waals surface area contributed by atoms with Gasteiger partial charge in [-0.05, 0) is 0 Å². The third-order valence-electron chi connectivity index (χ3n) is 1.36. The predicted molar refractivity (Wildman–Crippen MR) is 48.3 cm³/mol.